The lowest BCUT2D eigenvalue weighted by Gasteiger charge is -2.18. The standard InChI is InChI=1S/C27H21BrClNOS4/c1-2-19(31)17(14-16-6-4-3-5-7-16)30-18-15-26(29)35-27(18)24-11-10-21(33-24)20-8-9-22(32-20)23-12-13-25(28)34-23/h3-13,15,17,30H,2,14H2,1H3/t17-/m0/s1. The number of anilines is 1. The third-order valence-corrected chi connectivity index (χ3v) is 11.2. The molecule has 0 aliphatic carbocycles. The highest BCUT2D eigenvalue weighted by Crippen LogP contribution is 2.46. The molecule has 1 N–H and O–H groups in total. The van der Waals surface area contributed by atoms with Gasteiger partial charge < -0.3 is 5.32 Å². The number of rotatable bonds is 9. The zero-order valence-corrected chi connectivity index (χ0v) is 24.3. The van der Waals surface area contributed by atoms with E-state index in [4.69, 9.17) is 11.6 Å². The van der Waals surface area contributed by atoms with Gasteiger partial charge in [0.25, 0.3) is 0 Å². The lowest BCUT2D eigenvalue weighted by atomic mass is 10.0. The smallest absolute Gasteiger partial charge is 0.155 e. The molecule has 0 amide bonds. The van der Waals surface area contributed by atoms with E-state index < -0.39 is 0 Å². The second-order valence-electron chi connectivity index (χ2n) is 7.93. The number of thiophene rings is 4. The minimum absolute atomic E-state index is 0.195. The summed E-state index contributed by atoms with van der Waals surface area (Å²) in [5, 5.41) is 3.53. The van der Waals surface area contributed by atoms with E-state index in [0.29, 0.717) is 17.2 Å². The van der Waals surface area contributed by atoms with Crippen molar-refractivity contribution in [3.05, 3.63) is 86.5 Å². The highest BCUT2D eigenvalue weighted by molar-refractivity contribution is 9.11. The fourth-order valence-electron chi connectivity index (χ4n) is 3.82. The Morgan fingerprint density at radius 1 is 0.857 bits per heavy atom. The van der Waals surface area contributed by atoms with Crippen LogP contribution in [-0.2, 0) is 11.2 Å². The summed E-state index contributed by atoms with van der Waals surface area (Å²) >= 11 is 16.9. The summed E-state index contributed by atoms with van der Waals surface area (Å²) in [6.07, 6.45) is 1.13. The SMILES string of the molecule is CCC(=O)[C@H](Cc1ccccc1)Nc1cc(Cl)sc1-c1ccc(-c2ccc(-c3ccc(Br)s3)s2)s1. The van der Waals surface area contributed by atoms with Gasteiger partial charge in [0, 0.05) is 30.8 Å². The second kappa shape index (κ2) is 11.1. The van der Waals surface area contributed by atoms with Crippen LogP contribution in [0.1, 0.15) is 18.9 Å². The van der Waals surface area contributed by atoms with Gasteiger partial charge in [-0.1, -0.05) is 48.9 Å². The Morgan fingerprint density at radius 2 is 1.46 bits per heavy atom. The summed E-state index contributed by atoms with van der Waals surface area (Å²) < 4.78 is 1.85. The first kappa shape index (κ1) is 24.9. The zero-order valence-electron chi connectivity index (χ0n) is 18.7. The summed E-state index contributed by atoms with van der Waals surface area (Å²) in [4.78, 5) is 20.0. The predicted molar refractivity (Wildman–Crippen MR) is 160 cm³/mol. The van der Waals surface area contributed by atoms with Gasteiger partial charge in [-0.15, -0.1) is 45.3 Å². The van der Waals surface area contributed by atoms with E-state index in [1.165, 1.54) is 19.5 Å². The first-order chi connectivity index (χ1) is 17.0. The fraction of sp³-hybridized carbons (Fsp3) is 0.148. The van der Waals surface area contributed by atoms with E-state index in [2.05, 4.69) is 69.8 Å². The maximum absolute atomic E-state index is 12.8. The van der Waals surface area contributed by atoms with Crippen molar-refractivity contribution in [1.29, 1.82) is 0 Å². The summed E-state index contributed by atoms with van der Waals surface area (Å²) in [5.41, 5.74) is 2.06. The second-order valence-corrected chi connectivity index (χ2v) is 14.2. The molecular formula is C27H21BrClNOS4. The Labute approximate surface area is 234 Å². The van der Waals surface area contributed by atoms with E-state index in [-0.39, 0.29) is 11.8 Å². The summed E-state index contributed by atoms with van der Waals surface area (Å²) in [7, 11) is 0. The minimum Gasteiger partial charge on any atom is -0.374 e. The average Bonchev–Trinajstić information content (AvgIpc) is 3.65. The van der Waals surface area contributed by atoms with Gasteiger partial charge in [0.2, 0.25) is 0 Å². The van der Waals surface area contributed by atoms with Crippen LogP contribution in [0.5, 0.6) is 0 Å². The number of carbonyl (C=O) groups excluding carboxylic acids is 1. The first-order valence-corrected chi connectivity index (χ1v) is 15.5. The Kier molecular flexibility index (Phi) is 7.92. The number of halogens is 2. The molecule has 0 aliphatic rings. The van der Waals surface area contributed by atoms with Crippen molar-refractivity contribution in [1.82, 2.24) is 0 Å². The van der Waals surface area contributed by atoms with Crippen molar-refractivity contribution in [3.63, 3.8) is 0 Å². The fourth-order valence-corrected chi connectivity index (χ4v) is 8.71. The van der Waals surface area contributed by atoms with Gasteiger partial charge in [0.05, 0.1) is 24.7 Å². The number of ketones is 1. The van der Waals surface area contributed by atoms with Crippen LogP contribution in [0, 0.1) is 0 Å². The number of carbonyl (C=O) groups is 1. The topological polar surface area (TPSA) is 29.1 Å². The van der Waals surface area contributed by atoms with Crippen LogP contribution >= 0.6 is 72.9 Å². The van der Waals surface area contributed by atoms with Gasteiger partial charge in [0.1, 0.15) is 0 Å². The molecular weight excluding hydrogens is 598 g/mol. The monoisotopic (exact) mass is 617 g/mol. The van der Waals surface area contributed by atoms with E-state index in [1.54, 1.807) is 45.3 Å². The molecule has 2 nitrogen and oxygen atoms in total. The summed E-state index contributed by atoms with van der Waals surface area (Å²) in [5.74, 6) is 0.195. The molecule has 0 radical (unpaired) electrons. The van der Waals surface area contributed by atoms with E-state index in [1.807, 2.05) is 31.2 Å². The molecule has 4 heterocycles. The average molecular weight is 619 g/mol. The van der Waals surface area contributed by atoms with E-state index >= 15 is 0 Å². The normalized spacial score (nSPS) is 12.1. The predicted octanol–water partition coefficient (Wildman–Crippen LogP) is 10.4. The van der Waals surface area contributed by atoms with Crippen LogP contribution in [0.3, 0.4) is 0 Å². The first-order valence-electron chi connectivity index (χ1n) is 11.1. The molecule has 0 unspecified atom stereocenters. The van der Waals surface area contributed by atoms with E-state index in [0.717, 1.165) is 24.8 Å². The van der Waals surface area contributed by atoms with Gasteiger partial charge in [-0.05, 0) is 70.4 Å². The molecule has 4 aromatic heterocycles. The van der Waals surface area contributed by atoms with Crippen molar-refractivity contribution >= 4 is 84.3 Å². The Morgan fingerprint density at radius 3 is 2.09 bits per heavy atom. The van der Waals surface area contributed by atoms with Crippen molar-refractivity contribution in [2.24, 2.45) is 0 Å². The highest BCUT2D eigenvalue weighted by Gasteiger charge is 2.21. The van der Waals surface area contributed by atoms with Crippen LogP contribution in [0.4, 0.5) is 5.69 Å². The van der Waals surface area contributed by atoms with Gasteiger partial charge in [-0.25, -0.2) is 0 Å². The van der Waals surface area contributed by atoms with Crippen molar-refractivity contribution in [2.45, 2.75) is 25.8 Å². The van der Waals surface area contributed by atoms with Gasteiger partial charge in [0.15, 0.2) is 5.78 Å². The largest absolute Gasteiger partial charge is 0.374 e. The molecule has 35 heavy (non-hydrogen) atoms. The van der Waals surface area contributed by atoms with Gasteiger partial charge in [-0.2, -0.15) is 0 Å². The molecule has 5 rings (SSSR count). The Bertz CT molecular complexity index is 1450. The maximum Gasteiger partial charge on any atom is 0.155 e. The number of nitrogens with one attached hydrogen (secondary N) is 1. The molecule has 1 atom stereocenters. The quantitative estimate of drug-likeness (QED) is 0.178. The van der Waals surface area contributed by atoms with Crippen LogP contribution < -0.4 is 5.32 Å². The highest BCUT2D eigenvalue weighted by atomic mass is 79.9. The number of hydrogen-bond donors (Lipinski definition) is 1. The van der Waals surface area contributed by atoms with Crippen LogP contribution in [0.15, 0.2) is 76.6 Å². The summed E-state index contributed by atoms with van der Waals surface area (Å²) in [6, 6.07) is 24.8. The molecule has 0 spiro atoms. The van der Waals surface area contributed by atoms with Gasteiger partial charge in [-0.3, -0.25) is 4.79 Å². The lowest BCUT2D eigenvalue weighted by molar-refractivity contribution is -0.119. The number of Topliss-reactive ketones (excluding diaryl/α,β-unsaturated/α-hetero) is 1. The van der Waals surface area contributed by atoms with Crippen LogP contribution in [0.2, 0.25) is 4.34 Å². The molecule has 0 saturated heterocycles. The molecule has 178 valence electrons. The summed E-state index contributed by atoms with van der Waals surface area (Å²) in [6.45, 7) is 1.92. The maximum atomic E-state index is 12.8. The number of hydrogen-bond acceptors (Lipinski definition) is 6. The van der Waals surface area contributed by atoms with Crippen molar-refractivity contribution in [2.75, 3.05) is 5.32 Å². The zero-order chi connectivity index (χ0) is 24.4. The molecule has 0 fully saturated rings. The van der Waals surface area contributed by atoms with Crippen LogP contribution in [0.25, 0.3) is 29.3 Å². The molecule has 1 aromatic carbocycles. The van der Waals surface area contributed by atoms with Crippen molar-refractivity contribution < 1.29 is 4.79 Å². The molecule has 0 bridgehead atoms. The Hall–Kier alpha value is -1.74. The molecule has 0 aliphatic heterocycles. The molecule has 0 saturated carbocycles. The molecule has 5 aromatic rings. The third kappa shape index (κ3) is 5.82. The Balaban J connectivity index is 1.40. The third-order valence-electron chi connectivity index (χ3n) is 5.55. The molecule has 8 heteroatoms. The number of benzene rings is 1. The van der Waals surface area contributed by atoms with E-state index in [9.17, 15) is 4.79 Å². The van der Waals surface area contributed by atoms with Gasteiger partial charge >= 0.3 is 0 Å². The van der Waals surface area contributed by atoms with Crippen molar-refractivity contribution in [3.8, 4) is 29.3 Å². The minimum atomic E-state index is -0.295. The lowest BCUT2D eigenvalue weighted by Crippen LogP contribution is -2.31. The van der Waals surface area contributed by atoms with Crippen LogP contribution in [-0.4, -0.2) is 11.8 Å².